The molecule has 1 fully saturated rings. The van der Waals surface area contributed by atoms with Crippen LogP contribution in [-0.4, -0.2) is 17.9 Å². The average molecular weight is 413 g/mol. The zero-order chi connectivity index (χ0) is 16.8. The van der Waals surface area contributed by atoms with E-state index in [1.165, 1.54) is 0 Å². The molecule has 128 valence electrons. The first-order valence-corrected chi connectivity index (χ1v) is 9.14. The van der Waals surface area contributed by atoms with Crippen molar-refractivity contribution in [1.82, 2.24) is 4.98 Å². The van der Waals surface area contributed by atoms with Crippen molar-refractivity contribution >= 4 is 27.5 Å². The Labute approximate surface area is 155 Å². The van der Waals surface area contributed by atoms with E-state index in [-0.39, 0.29) is 6.29 Å². The summed E-state index contributed by atoms with van der Waals surface area (Å²) >= 11 is 9.81. The van der Waals surface area contributed by atoms with Gasteiger partial charge in [0.2, 0.25) is 5.88 Å². The fourth-order valence-corrected chi connectivity index (χ4v) is 3.32. The van der Waals surface area contributed by atoms with Gasteiger partial charge in [-0.25, -0.2) is 4.98 Å². The Morgan fingerprint density at radius 2 is 2.04 bits per heavy atom. The van der Waals surface area contributed by atoms with Gasteiger partial charge in [0.15, 0.2) is 6.29 Å². The van der Waals surface area contributed by atoms with Crippen molar-refractivity contribution in [3.63, 3.8) is 0 Å². The third kappa shape index (κ3) is 4.70. The Bertz CT molecular complexity index is 663. The van der Waals surface area contributed by atoms with Crippen LogP contribution in [0.2, 0.25) is 5.02 Å². The average Bonchev–Trinajstić information content (AvgIpc) is 2.63. The van der Waals surface area contributed by atoms with Crippen molar-refractivity contribution in [1.29, 1.82) is 0 Å². The molecule has 0 bridgehead atoms. The Hall–Kier alpha value is -1.14. The summed E-state index contributed by atoms with van der Waals surface area (Å²) in [6.45, 7) is 1.55. The number of ether oxygens (including phenoxy) is 3. The van der Waals surface area contributed by atoms with Crippen LogP contribution >= 0.6 is 27.5 Å². The summed E-state index contributed by atoms with van der Waals surface area (Å²) in [5, 5.41) is 0.546. The third-order valence-corrected chi connectivity index (χ3v) is 4.95. The lowest BCUT2D eigenvalue weighted by molar-refractivity contribution is -0.169. The molecule has 2 heterocycles. The molecule has 3 rings (SSSR count). The number of benzene rings is 1. The first-order valence-electron chi connectivity index (χ1n) is 7.97. The van der Waals surface area contributed by atoms with Crippen molar-refractivity contribution in [2.24, 2.45) is 0 Å². The number of rotatable bonds is 6. The van der Waals surface area contributed by atoms with Gasteiger partial charge in [-0.05, 0) is 40.8 Å². The minimum atomic E-state index is -0.163. The summed E-state index contributed by atoms with van der Waals surface area (Å²) in [7, 11) is 0. The highest BCUT2D eigenvalue weighted by Crippen LogP contribution is 2.33. The van der Waals surface area contributed by atoms with Gasteiger partial charge in [-0.1, -0.05) is 41.9 Å². The van der Waals surface area contributed by atoms with Gasteiger partial charge in [0.25, 0.3) is 0 Å². The van der Waals surface area contributed by atoms with E-state index in [9.17, 15) is 0 Å². The molecule has 2 aromatic rings. The lowest BCUT2D eigenvalue weighted by atomic mass is 10.2. The fraction of sp³-hybridized carbons (Fsp3) is 0.389. The fourth-order valence-electron chi connectivity index (χ4n) is 2.46. The summed E-state index contributed by atoms with van der Waals surface area (Å²) in [6.07, 6.45) is 4.56. The largest absolute Gasteiger partial charge is 0.472 e. The molecule has 1 aromatic carbocycles. The molecule has 0 aliphatic carbocycles. The third-order valence-electron chi connectivity index (χ3n) is 3.81. The van der Waals surface area contributed by atoms with E-state index < -0.39 is 0 Å². The van der Waals surface area contributed by atoms with Crippen LogP contribution < -0.4 is 4.74 Å². The van der Waals surface area contributed by atoms with Gasteiger partial charge in [0.05, 0.1) is 16.1 Å². The first-order chi connectivity index (χ1) is 11.7. The van der Waals surface area contributed by atoms with Crippen molar-refractivity contribution in [2.45, 2.75) is 38.8 Å². The molecule has 0 radical (unpaired) electrons. The highest BCUT2D eigenvalue weighted by molar-refractivity contribution is 9.10. The van der Waals surface area contributed by atoms with Crippen molar-refractivity contribution in [2.75, 3.05) is 6.61 Å². The van der Waals surface area contributed by atoms with Crippen LogP contribution in [-0.2, 0) is 22.7 Å². The molecule has 1 aliphatic rings. The first kappa shape index (κ1) is 17.7. The van der Waals surface area contributed by atoms with Crippen LogP contribution in [0.4, 0.5) is 0 Å². The molecule has 0 N–H and O–H groups in total. The molecule has 24 heavy (non-hydrogen) atoms. The van der Waals surface area contributed by atoms with Crippen LogP contribution in [0.15, 0.2) is 41.0 Å². The van der Waals surface area contributed by atoms with E-state index in [1.54, 1.807) is 6.20 Å². The minimum Gasteiger partial charge on any atom is -0.472 e. The van der Waals surface area contributed by atoms with Crippen molar-refractivity contribution in [3.8, 4) is 5.88 Å². The lowest BCUT2D eigenvalue weighted by Crippen LogP contribution is -2.22. The van der Waals surface area contributed by atoms with Gasteiger partial charge in [-0.3, -0.25) is 0 Å². The highest BCUT2D eigenvalue weighted by Gasteiger charge is 2.18. The number of nitrogens with zero attached hydrogens (tertiary/aromatic N) is 1. The maximum Gasteiger partial charge on any atom is 0.228 e. The molecular weight excluding hydrogens is 394 g/mol. The van der Waals surface area contributed by atoms with Gasteiger partial charge in [0, 0.05) is 18.4 Å². The summed E-state index contributed by atoms with van der Waals surface area (Å²) in [5.41, 5.74) is 1.90. The molecule has 1 unspecified atom stereocenters. The Morgan fingerprint density at radius 1 is 1.21 bits per heavy atom. The van der Waals surface area contributed by atoms with Crippen LogP contribution in [0.1, 0.15) is 30.4 Å². The van der Waals surface area contributed by atoms with E-state index in [0.717, 1.165) is 41.5 Å². The van der Waals surface area contributed by atoms with E-state index in [1.807, 2.05) is 30.3 Å². The second-order valence-corrected chi connectivity index (χ2v) is 6.79. The normalized spacial score (nSPS) is 17.7. The predicted molar refractivity (Wildman–Crippen MR) is 96.1 cm³/mol. The van der Waals surface area contributed by atoms with Crippen LogP contribution in [0.5, 0.6) is 5.88 Å². The van der Waals surface area contributed by atoms with Gasteiger partial charge in [-0.2, -0.15) is 0 Å². The van der Waals surface area contributed by atoms with E-state index in [4.69, 9.17) is 25.8 Å². The molecule has 6 heteroatoms. The monoisotopic (exact) mass is 411 g/mol. The summed E-state index contributed by atoms with van der Waals surface area (Å²) in [4.78, 5) is 4.26. The molecule has 1 aliphatic heterocycles. The van der Waals surface area contributed by atoms with Gasteiger partial charge in [0.1, 0.15) is 6.61 Å². The number of hydrogen-bond donors (Lipinski definition) is 0. The number of hydrogen-bond acceptors (Lipinski definition) is 4. The molecule has 0 saturated carbocycles. The second-order valence-electron chi connectivity index (χ2n) is 5.59. The maximum absolute atomic E-state index is 6.27. The van der Waals surface area contributed by atoms with E-state index in [0.29, 0.717) is 24.1 Å². The predicted octanol–water partition coefficient (Wildman–Crippen LogP) is 5.12. The SMILES string of the molecule is Clc1cnc(OCc2ccccc2)c(Br)c1COC1CCCCO1. The van der Waals surface area contributed by atoms with E-state index >= 15 is 0 Å². The van der Waals surface area contributed by atoms with E-state index in [2.05, 4.69) is 20.9 Å². The zero-order valence-electron chi connectivity index (χ0n) is 13.2. The number of aromatic nitrogens is 1. The Kier molecular flexibility index (Phi) is 6.49. The van der Waals surface area contributed by atoms with Crippen LogP contribution in [0.25, 0.3) is 0 Å². The maximum atomic E-state index is 6.27. The van der Waals surface area contributed by atoms with Crippen molar-refractivity contribution < 1.29 is 14.2 Å². The molecule has 0 amide bonds. The summed E-state index contributed by atoms with van der Waals surface area (Å²) in [6, 6.07) is 9.95. The van der Waals surface area contributed by atoms with Gasteiger partial charge >= 0.3 is 0 Å². The Morgan fingerprint density at radius 3 is 2.79 bits per heavy atom. The highest BCUT2D eigenvalue weighted by atomic mass is 79.9. The minimum absolute atomic E-state index is 0.163. The van der Waals surface area contributed by atoms with Gasteiger partial charge in [-0.15, -0.1) is 0 Å². The number of pyridine rings is 1. The molecule has 1 aromatic heterocycles. The summed E-state index contributed by atoms with van der Waals surface area (Å²) in [5.74, 6) is 0.506. The second kappa shape index (κ2) is 8.81. The standard InChI is InChI=1S/C18H19BrClNO3/c19-17-14(12-23-16-8-4-5-9-22-16)15(20)10-21-18(17)24-11-13-6-2-1-3-7-13/h1-3,6-7,10,16H,4-5,8-9,11-12H2. The zero-order valence-corrected chi connectivity index (χ0v) is 15.6. The number of halogens is 2. The molecule has 4 nitrogen and oxygen atoms in total. The topological polar surface area (TPSA) is 40.6 Å². The summed E-state index contributed by atoms with van der Waals surface area (Å²) < 4.78 is 17.9. The molecule has 1 atom stereocenters. The van der Waals surface area contributed by atoms with Crippen LogP contribution in [0, 0.1) is 0 Å². The quantitative estimate of drug-likeness (QED) is 0.660. The van der Waals surface area contributed by atoms with Crippen LogP contribution in [0.3, 0.4) is 0 Å². The van der Waals surface area contributed by atoms with Gasteiger partial charge < -0.3 is 14.2 Å². The molecule has 1 saturated heterocycles. The lowest BCUT2D eigenvalue weighted by Gasteiger charge is -2.23. The Balaban J connectivity index is 1.65. The smallest absolute Gasteiger partial charge is 0.228 e. The molecule has 0 spiro atoms. The van der Waals surface area contributed by atoms with Crippen molar-refractivity contribution in [3.05, 3.63) is 57.2 Å². The molecular formula is C18H19BrClNO3.